The molecule has 1 amide bonds. The predicted octanol–water partition coefficient (Wildman–Crippen LogP) is 2.49. The molecule has 2 aliphatic rings. The summed E-state index contributed by atoms with van der Waals surface area (Å²) in [7, 11) is 0. The summed E-state index contributed by atoms with van der Waals surface area (Å²) in [6.07, 6.45) is 4.83. The normalized spacial score (nSPS) is 24.6. The highest BCUT2D eigenvalue weighted by atomic mass is 32.1. The summed E-state index contributed by atoms with van der Waals surface area (Å²) in [5.41, 5.74) is 1.30. The maximum absolute atomic E-state index is 12.6. The van der Waals surface area contributed by atoms with E-state index in [0.717, 1.165) is 37.5 Å². The van der Waals surface area contributed by atoms with Gasteiger partial charge in [-0.15, -0.1) is 11.3 Å². The molecule has 5 heteroatoms. The smallest absolute Gasteiger partial charge is 0.264 e. The first-order chi connectivity index (χ1) is 10.8. The van der Waals surface area contributed by atoms with Crippen LogP contribution in [0.1, 0.15) is 21.7 Å². The van der Waals surface area contributed by atoms with Crippen LogP contribution in [-0.2, 0) is 6.54 Å². The first-order valence-electron chi connectivity index (χ1n) is 7.77. The van der Waals surface area contributed by atoms with E-state index in [1.807, 2.05) is 29.9 Å². The number of rotatable bonds is 3. The van der Waals surface area contributed by atoms with E-state index >= 15 is 0 Å². The first kappa shape index (κ1) is 13.9. The Labute approximate surface area is 134 Å². The lowest BCUT2D eigenvalue weighted by Crippen LogP contribution is -2.39. The van der Waals surface area contributed by atoms with Crippen molar-refractivity contribution in [1.82, 2.24) is 14.8 Å². The van der Waals surface area contributed by atoms with E-state index in [2.05, 4.69) is 26.9 Å². The summed E-state index contributed by atoms with van der Waals surface area (Å²) in [5, 5.41) is 1.98. The quantitative estimate of drug-likeness (QED) is 0.873. The third-order valence-electron chi connectivity index (χ3n) is 4.77. The maximum Gasteiger partial charge on any atom is 0.264 e. The Morgan fingerprint density at radius 2 is 2.14 bits per heavy atom. The van der Waals surface area contributed by atoms with Gasteiger partial charge >= 0.3 is 0 Å². The third-order valence-corrected chi connectivity index (χ3v) is 5.63. The van der Waals surface area contributed by atoms with Crippen LogP contribution in [-0.4, -0.2) is 46.4 Å². The van der Waals surface area contributed by atoms with Crippen molar-refractivity contribution >= 4 is 17.2 Å². The van der Waals surface area contributed by atoms with Gasteiger partial charge in [-0.05, 0) is 41.5 Å². The number of carbonyl (C=O) groups is 1. The number of pyridine rings is 1. The Balaban J connectivity index is 1.44. The summed E-state index contributed by atoms with van der Waals surface area (Å²) in [4.78, 5) is 22.1. The van der Waals surface area contributed by atoms with Crippen LogP contribution >= 0.6 is 11.3 Å². The molecular weight excluding hydrogens is 294 g/mol. The zero-order chi connectivity index (χ0) is 14.9. The summed E-state index contributed by atoms with van der Waals surface area (Å²) in [5.74, 6) is 0.846. The molecule has 4 heterocycles. The van der Waals surface area contributed by atoms with Crippen LogP contribution < -0.4 is 0 Å². The second kappa shape index (κ2) is 5.82. The molecule has 0 unspecified atom stereocenters. The molecule has 2 atom stereocenters. The van der Waals surface area contributed by atoms with Crippen molar-refractivity contribution < 1.29 is 4.79 Å². The van der Waals surface area contributed by atoms with E-state index in [1.165, 1.54) is 5.56 Å². The molecular formula is C17H19N3OS. The van der Waals surface area contributed by atoms with Gasteiger partial charge in [0.2, 0.25) is 0 Å². The fourth-order valence-electron chi connectivity index (χ4n) is 3.72. The standard InChI is InChI=1S/C17H19N3OS/c21-17(16-2-1-9-22-16)20-8-5-14-11-19(12-15(14)20)10-13-3-6-18-7-4-13/h1-4,6-7,9,14-15H,5,8,10-12H2/t14-,15-/m1/s1. The molecule has 2 aliphatic heterocycles. The second-order valence-electron chi connectivity index (χ2n) is 6.14. The molecule has 114 valence electrons. The number of hydrogen-bond donors (Lipinski definition) is 0. The number of fused-ring (bicyclic) bond motifs is 1. The maximum atomic E-state index is 12.6. The number of hydrogen-bond acceptors (Lipinski definition) is 4. The molecule has 0 spiro atoms. The van der Waals surface area contributed by atoms with Crippen LogP contribution in [0.3, 0.4) is 0 Å². The molecule has 4 nitrogen and oxygen atoms in total. The number of thiophene rings is 1. The molecule has 2 fully saturated rings. The van der Waals surface area contributed by atoms with Gasteiger partial charge in [-0.2, -0.15) is 0 Å². The largest absolute Gasteiger partial charge is 0.333 e. The average Bonchev–Trinajstić information content (AvgIpc) is 3.24. The van der Waals surface area contributed by atoms with Crippen molar-refractivity contribution in [2.24, 2.45) is 5.92 Å². The van der Waals surface area contributed by atoms with E-state index in [4.69, 9.17) is 0 Å². The van der Waals surface area contributed by atoms with Gasteiger partial charge in [0.05, 0.1) is 4.88 Å². The second-order valence-corrected chi connectivity index (χ2v) is 7.09. The molecule has 2 aromatic heterocycles. The van der Waals surface area contributed by atoms with Crippen LogP contribution in [0.5, 0.6) is 0 Å². The van der Waals surface area contributed by atoms with E-state index in [1.54, 1.807) is 11.3 Å². The highest BCUT2D eigenvalue weighted by Gasteiger charge is 2.43. The van der Waals surface area contributed by atoms with Crippen molar-refractivity contribution in [2.75, 3.05) is 19.6 Å². The summed E-state index contributed by atoms with van der Waals surface area (Å²) in [6.45, 7) is 3.96. The minimum Gasteiger partial charge on any atom is -0.333 e. The van der Waals surface area contributed by atoms with Gasteiger partial charge in [-0.3, -0.25) is 14.7 Å². The number of likely N-dealkylation sites (tertiary alicyclic amines) is 2. The van der Waals surface area contributed by atoms with Crippen molar-refractivity contribution in [1.29, 1.82) is 0 Å². The molecule has 0 N–H and O–H groups in total. The lowest BCUT2D eigenvalue weighted by molar-refractivity contribution is 0.0731. The predicted molar refractivity (Wildman–Crippen MR) is 86.8 cm³/mol. The zero-order valence-corrected chi connectivity index (χ0v) is 13.2. The van der Waals surface area contributed by atoms with Gasteiger partial charge in [-0.25, -0.2) is 0 Å². The lowest BCUT2D eigenvalue weighted by Gasteiger charge is -2.24. The summed E-state index contributed by atoms with van der Waals surface area (Å²) >= 11 is 1.54. The summed E-state index contributed by atoms with van der Waals surface area (Å²) < 4.78 is 0. The molecule has 0 aliphatic carbocycles. The molecule has 2 aromatic rings. The van der Waals surface area contributed by atoms with Crippen LogP contribution in [0.2, 0.25) is 0 Å². The Morgan fingerprint density at radius 1 is 1.27 bits per heavy atom. The van der Waals surface area contributed by atoms with Gasteiger partial charge in [-0.1, -0.05) is 6.07 Å². The Kier molecular flexibility index (Phi) is 3.68. The Hall–Kier alpha value is -1.72. The van der Waals surface area contributed by atoms with E-state index in [0.29, 0.717) is 12.0 Å². The van der Waals surface area contributed by atoms with Crippen LogP contribution in [0, 0.1) is 5.92 Å². The highest BCUT2D eigenvalue weighted by molar-refractivity contribution is 7.12. The molecule has 0 bridgehead atoms. The van der Waals surface area contributed by atoms with Crippen LogP contribution in [0.4, 0.5) is 0 Å². The van der Waals surface area contributed by atoms with E-state index in [-0.39, 0.29) is 5.91 Å². The molecule has 22 heavy (non-hydrogen) atoms. The van der Waals surface area contributed by atoms with Crippen molar-refractivity contribution in [3.05, 3.63) is 52.5 Å². The Morgan fingerprint density at radius 3 is 2.91 bits per heavy atom. The lowest BCUT2D eigenvalue weighted by atomic mass is 10.1. The molecule has 0 saturated carbocycles. The van der Waals surface area contributed by atoms with Gasteiger partial charge in [0.1, 0.15) is 0 Å². The minimum absolute atomic E-state index is 0.216. The first-order valence-corrected chi connectivity index (χ1v) is 8.65. The SMILES string of the molecule is O=C(c1cccs1)N1CC[C@@H]2CN(Cc3ccncc3)C[C@H]21. The fraction of sp³-hybridized carbons (Fsp3) is 0.412. The van der Waals surface area contributed by atoms with Crippen LogP contribution in [0.25, 0.3) is 0 Å². The Bertz CT molecular complexity index is 643. The number of amides is 1. The van der Waals surface area contributed by atoms with Crippen molar-refractivity contribution in [3.63, 3.8) is 0 Å². The molecule has 0 radical (unpaired) electrons. The van der Waals surface area contributed by atoms with Gasteiger partial charge in [0.15, 0.2) is 0 Å². The molecule has 0 aromatic carbocycles. The van der Waals surface area contributed by atoms with Crippen molar-refractivity contribution in [2.45, 2.75) is 19.0 Å². The zero-order valence-electron chi connectivity index (χ0n) is 12.4. The number of aromatic nitrogens is 1. The molecule has 4 rings (SSSR count). The summed E-state index contributed by atoms with van der Waals surface area (Å²) in [6, 6.07) is 8.42. The van der Waals surface area contributed by atoms with Gasteiger partial charge < -0.3 is 4.90 Å². The van der Waals surface area contributed by atoms with Gasteiger partial charge in [0, 0.05) is 44.6 Å². The topological polar surface area (TPSA) is 36.4 Å². The third kappa shape index (κ3) is 2.55. The van der Waals surface area contributed by atoms with Gasteiger partial charge in [0.25, 0.3) is 5.91 Å². The van der Waals surface area contributed by atoms with E-state index in [9.17, 15) is 4.79 Å². The number of carbonyl (C=O) groups excluding carboxylic acids is 1. The molecule has 2 saturated heterocycles. The fourth-order valence-corrected chi connectivity index (χ4v) is 4.40. The van der Waals surface area contributed by atoms with Crippen LogP contribution in [0.15, 0.2) is 42.0 Å². The monoisotopic (exact) mass is 313 g/mol. The van der Waals surface area contributed by atoms with E-state index < -0.39 is 0 Å². The number of nitrogens with zero attached hydrogens (tertiary/aromatic N) is 3. The average molecular weight is 313 g/mol. The highest BCUT2D eigenvalue weighted by Crippen LogP contribution is 2.33. The minimum atomic E-state index is 0.216. The van der Waals surface area contributed by atoms with Crippen molar-refractivity contribution in [3.8, 4) is 0 Å².